The van der Waals surface area contributed by atoms with E-state index in [4.69, 9.17) is 4.74 Å². The number of carbonyl (C=O) groups is 1. The summed E-state index contributed by atoms with van der Waals surface area (Å²) >= 11 is 0. The molecular weight excluding hydrogens is 318 g/mol. The van der Waals surface area contributed by atoms with Gasteiger partial charge in [-0.3, -0.25) is 9.69 Å². The van der Waals surface area contributed by atoms with Gasteiger partial charge in [-0.2, -0.15) is 0 Å². The lowest BCUT2D eigenvalue weighted by atomic mass is 9.83. The second-order valence-electron chi connectivity index (χ2n) is 7.67. The number of ether oxygens (including phenoxy) is 1. The van der Waals surface area contributed by atoms with Crippen molar-refractivity contribution in [3.05, 3.63) is 11.6 Å². The molecule has 2 saturated heterocycles. The Balaban J connectivity index is 1.41. The van der Waals surface area contributed by atoms with Gasteiger partial charge >= 0.3 is 0 Å². The van der Waals surface area contributed by atoms with E-state index in [1.54, 1.807) is 0 Å². The molecule has 0 unspecified atom stereocenters. The Kier molecular flexibility index (Phi) is 5.03. The zero-order chi connectivity index (χ0) is 17.2. The number of nitrogens with zero attached hydrogens (tertiary/aromatic N) is 5. The van der Waals surface area contributed by atoms with Crippen LogP contribution in [-0.2, 0) is 23.1 Å². The van der Waals surface area contributed by atoms with E-state index in [1.807, 2.05) is 0 Å². The summed E-state index contributed by atoms with van der Waals surface area (Å²) in [6.45, 7) is 6.04. The molecular formula is C18H29N5O2. The number of amides is 1. The van der Waals surface area contributed by atoms with Crippen LogP contribution in [0.15, 0.2) is 0 Å². The normalized spacial score (nSPS) is 25.8. The molecule has 0 radical (unpaired) electrons. The van der Waals surface area contributed by atoms with Gasteiger partial charge in [0.2, 0.25) is 5.91 Å². The van der Waals surface area contributed by atoms with Crippen LogP contribution in [0.4, 0.5) is 0 Å². The smallest absolute Gasteiger partial charge is 0.225 e. The molecule has 1 aliphatic carbocycles. The number of hydrogen-bond acceptors (Lipinski definition) is 5. The van der Waals surface area contributed by atoms with E-state index in [9.17, 15) is 4.79 Å². The quantitative estimate of drug-likeness (QED) is 0.818. The van der Waals surface area contributed by atoms with Crippen molar-refractivity contribution >= 4 is 5.91 Å². The monoisotopic (exact) mass is 347 g/mol. The summed E-state index contributed by atoms with van der Waals surface area (Å²) in [4.78, 5) is 17.0. The number of carbonyl (C=O) groups excluding carboxylic acids is 1. The third-order valence-corrected chi connectivity index (χ3v) is 6.02. The molecule has 25 heavy (non-hydrogen) atoms. The Morgan fingerprint density at radius 1 is 1.12 bits per heavy atom. The molecule has 3 fully saturated rings. The molecule has 0 spiro atoms. The number of aromatic nitrogens is 3. The van der Waals surface area contributed by atoms with Gasteiger partial charge in [0.1, 0.15) is 11.6 Å². The van der Waals surface area contributed by atoms with Gasteiger partial charge in [0.25, 0.3) is 0 Å². The predicted octanol–water partition coefficient (Wildman–Crippen LogP) is 1.15. The summed E-state index contributed by atoms with van der Waals surface area (Å²) in [5.74, 6) is 3.02. The highest BCUT2D eigenvalue weighted by Crippen LogP contribution is 2.32. The van der Waals surface area contributed by atoms with E-state index >= 15 is 0 Å². The standard InChI is InChI=1S/C18H29N5O2/c1-21-16(13-22-8-10-25-11-9-22)19-20-17(21)15-6-3-7-23(12-15)18(24)14-4-2-5-14/h14-15H,2-13H2,1H3/t15-/m1/s1. The highest BCUT2D eigenvalue weighted by Gasteiger charge is 2.34. The summed E-state index contributed by atoms with van der Waals surface area (Å²) in [6, 6.07) is 0. The van der Waals surface area contributed by atoms with Crippen molar-refractivity contribution in [1.29, 1.82) is 0 Å². The minimum Gasteiger partial charge on any atom is -0.379 e. The molecule has 0 bridgehead atoms. The third kappa shape index (κ3) is 3.58. The van der Waals surface area contributed by atoms with Crippen molar-refractivity contribution in [2.75, 3.05) is 39.4 Å². The summed E-state index contributed by atoms with van der Waals surface area (Å²) in [5, 5.41) is 8.94. The van der Waals surface area contributed by atoms with Gasteiger partial charge in [-0.15, -0.1) is 10.2 Å². The zero-order valence-corrected chi connectivity index (χ0v) is 15.2. The molecule has 3 heterocycles. The van der Waals surface area contributed by atoms with Gasteiger partial charge in [-0.1, -0.05) is 6.42 Å². The highest BCUT2D eigenvalue weighted by atomic mass is 16.5. The van der Waals surface area contributed by atoms with E-state index in [0.717, 1.165) is 83.3 Å². The topological polar surface area (TPSA) is 63.5 Å². The molecule has 1 amide bonds. The van der Waals surface area contributed by atoms with E-state index in [-0.39, 0.29) is 5.92 Å². The van der Waals surface area contributed by atoms with Gasteiger partial charge in [-0.05, 0) is 25.7 Å². The second-order valence-corrected chi connectivity index (χ2v) is 7.67. The Morgan fingerprint density at radius 3 is 2.64 bits per heavy atom. The largest absolute Gasteiger partial charge is 0.379 e. The first kappa shape index (κ1) is 17.0. The molecule has 4 rings (SSSR count). The maximum atomic E-state index is 12.6. The lowest BCUT2D eigenvalue weighted by molar-refractivity contribution is -0.139. The van der Waals surface area contributed by atoms with Crippen LogP contribution in [0.3, 0.4) is 0 Å². The van der Waals surface area contributed by atoms with Crippen LogP contribution in [0.25, 0.3) is 0 Å². The Morgan fingerprint density at radius 2 is 1.92 bits per heavy atom. The van der Waals surface area contributed by atoms with Crippen LogP contribution in [0.2, 0.25) is 0 Å². The fourth-order valence-electron chi connectivity index (χ4n) is 4.13. The minimum atomic E-state index is 0.287. The molecule has 138 valence electrons. The van der Waals surface area contributed by atoms with Gasteiger partial charge in [0, 0.05) is 45.1 Å². The summed E-state index contributed by atoms with van der Waals surface area (Å²) < 4.78 is 7.56. The highest BCUT2D eigenvalue weighted by molar-refractivity contribution is 5.79. The zero-order valence-electron chi connectivity index (χ0n) is 15.2. The van der Waals surface area contributed by atoms with E-state index in [2.05, 4.69) is 31.6 Å². The maximum Gasteiger partial charge on any atom is 0.225 e. The number of likely N-dealkylation sites (tertiary alicyclic amines) is 1. The lowest BCUT2D eigenvalue weighted by Crippen LogP contribution is -2.44. The Hall–Kier alpha value is -1.47. The Labute approximate surface area is 149 Å². The van der Waals surface area contributed by atoms with Crippen LogP contribution < -0.4 is 0 Å². The van der Waals surface area contributed by atoms with E-state index < -0.39 is 0 Å². The van der Waals surface area contributed by atoms with Crippen molar-refractivity contribution in [3.63, 3.8) is 0 Å². The predicted molar refractivity (Wildman–Crippen MR) is 93.0 cm³/mol. The average Bonchev–Trinajstić information content (AvgIpc) is 2.95. The fourth-order valence-corrected chi connectivity index (χ4v) is 4.13. The summed E-state index contributed by atoms with van der Waals surface area (Å²) in [5.41, 5.74) is 0. The van der Waals surface area contributed by atoms with E-state index in [1.165, 1.54) is 6.42 Å². The third-order valence-electron chi connectivity index (χ3n) is 6.02. The molecule has 7 nitrogen and oxygen atoms in total. The van der Waals surface area contributed by atoms with Crippen LogP contribution in [0.5, 0.6) is 0 Å². The molecule has 0 N–H and O–H groups in total. The van der Waals surface area contributed by atoms with Crippen molar-refractivity contribution in [3.8, 4) is 0 Å². The van der Waals surface area contributed by atoms with Gasteiger partial charge in [0.15, 0.2) is 0 Å². The van der Waals surface area contributed by atoms with Gasteiger partial charge in [0.05, 0.1) is 19.8 Å². The molecule has 3 aliphatic rings. The first-order chi connectivity index (χ1) is 12.2. The van der Waals surface area contributed by atoms with Gasteiger partial charge in [-0.25, -0.2) is 0 Å². The maximum absolute atomic E-state index is 12.6. The number of hydrogen-bond donors (Lipinski definition) is 0. The first-order valence-electron chi connectivity index (χ1n) is 9.69. The van der Waals surface area contributed by atoms with Crippen LogP contribution in [0.1, 0.15) is 49.7 Å². The van der Waals surface area contributed by atoms with Crippen molar-refractivity contribution in [2.45, 2.75) is 44.6 Å². The molecule has 1 atom stereocenters. The first-order valence-corrected chi connectivity index (χ1v) is 9.69. The second kappa shape index (κ2) is 7.41. The molecule has 1 aromatic rings. The van der Waals surface area contributed by atoms with Crippen molar-refractivity contribution < 1.29 is 9.53 Å². The SMILES string of the molecule is Cn1c(CN2CCOCC2)nnc1[C@@H]1CCCN(C(=O)C2CCC2)C1. The summed E-state index contributed by atoms with van der Waals surface area (Å²) in [7, 11) is 2.07. The summed E-state index contributed by atoms with van der Waals surface area (Å²) in [6.07, 6.45) is 5.52. The number of piperidine rings is 1. The van der Waals surface area contributed by atoms with Crippen molar-refractivity contribution in [1.82, 2.24) is 24.6 Å². The average molecular weight is 347 g/mol. The van der Waals surface area contributed by atoms with Crippen LogP contribution in [-0.4, -0.2) is 69.9 Å². The molecule has 1 saturated carbocycles. The lowest BCUT2D eigenvalue weighted by Gasteiger charge is -2.36. The van der Waals surface area contributed by atoms with Gasteiger partial charge < -0.3 is 14.2 Å². The number of morpholine rings is 1. The molecule has 0 aromatic carbocycles. The molecule has 2 aliphatic heterocycles. The van der Waals surface area contributed by atoms with Crippen LogP contribution >= 0.6 is 0 Å². The fraction of sp³-hybridized carbons (Fsp3) is 0.833. The Bertz CT molecular complexity index is 607. The van der Waals surface area contributed by atoms with Crippen LogP contribution in [0, 0.1) is 5.92 Å². The van der Waals surface area contributed by atoms with Crippen molar-refractivity contribution in [2.24, 2.45) is 13.0 Å². The van der Waals surface area contributed by atoms with E-state index in [0.29, 0.717) is 11.8 Å². The minimum absolute atomic E-state index is 0.287. The molecule has 7 heteroatoms. The number of rotatable bonds is 4. The molecule has 1 aromatic heterocycles.